The van der Waals surface area contributed by atoms with Gasteiger partial charge in [0.2, 0.25) is 0 Å². The molecule has 2 aliphatic rings. The second-order valence-corrected chi connectivity index (χ2v) is 8.36. The molecular formula is C23H24N4O2. The van der Waals surface area contributed by atoms with E-state index < -0.39 is 0 Å². The van der Waals surface area contributed by atoms with Crippen molar-refractivity contribution in [2.45, 2.75) is 13.0 Å². The van der Waals surface area contributed by atoms with E-state index in [1.54, 1.807) is 12.1 Å². The third-order valence-corrected chi connectivity index (χ3v) is 6.10. The molecule has 2 unspecified atom stereocenters. The SMILES string of the molecule is O=[N+]([O-])c1ccc2nc(N3CC4CC(CN(Cc5ccccc5)C4)C3)ccc2c1. The van der Waals surface area contributed by atoms with Crippen LogP contribution in [0.4, 0.5) is 11.5 Å². The van der Waals surface area contributed by atoms with E-state index in [4.69, 9.17) is 4.98 Å². The number of anilines is 1. The summed E-state index contributed by atoms with van der Waals surface area (Å²) in [6, 6.07) is 19.6. The van der Waals surface area contributed by atoms with Crippen molar-refractivity contribution in [2.75, 3.05) is 31.1 Å². The lowest BCUT2D eigenvalue weighted by molar-refractivity contribution is -0.384. The van der Waals surface area contributed by atoms with Gasteiger partial charge in [0.05, 0.1) is 10.4 Å². The van der Waals surface area contributed by atoms with Gasteiger partial charge in [-0.1, -0.05) is 30.3 Å². The van der Waals surface area contributed by atoms with Crippen LogP contribution >= 0.6 is 0 Å². The fraction of sp³-hybridized carbons (Fsp3) is 0.348. The first kappa shape index (κ1) is 18.1. The summed E-state index contributed by atoms with van der Waals surface area (Å²) in [5.41, 5.74) is 2.31. The predicted octanol–water partition coefficient (Wildman–Crippen LogP) is 4.10. The summed E-state index contributed by atoms with van der Waals surface area (Å²) in [7, 11) is 0. The van der Waals surface area contributed by atoms with Gasteiger partial charge in [-0.25, -0.2) is 4.98 Å². The molecule has 2 aromatic carbocycles. The molecule has 6 heteroatoms. The van der Waals surface area contributed by atoms with Gasteiger partial charge < -0.3 is 4.90 Å². The van der Waals surface area contributed by atoms with Crippen molar-refractivity contribution in [3.8, 4) is 0 Å². The molecule has 3 heterocycles. The molecule has 0 radical (unpaired) electrons. The van der Waals surface area contributed by atoms with Crippen molar-refractivity contribution in [1.82, 2.24) is 9.88 Å². The summed E-state index contributed by atoms with van der Waals surface area (Å²) in [5.74, 6) is 2.29. The Labute approximate surface area is 169 Å². The minimum atomic E-state index is -0.361. The topological polar surface area (TPSA) is 62.5 Å². The average Bonchev–Trinajstić information content (AvgIpc) is 2.73. The fourth-order valence-electron chi connectivity index (χ4n) is 4.94. The molecule has 2 atom stereocenters. The maximum atomic E-state index is 11.0. The van der Waals surface area contributed by atoms with E-state index in [0.717, 1.165) is 49.4 Å². The molecule has 5 rings (SSSR count). The quantitative estimate of drug-likeness (QED) is 0.497. The molecule has 0 spiro atoms. The van der Waals surface area contributed by atoms with Crippen LogP contribution in [0.5, 0.6) is 0 Å². The van der Waals surface area contributed by atoms with Crippen LogP contribution in [-0.4, -0.2) is 41.0 Å². The second kappa shape index (κ2) is 7.44. The van der Waals surface area contributed by atoms with Crippen molar-refractivity contribution in [3.05, 3.63) is 76.3 Å². The Morgan fingerprint density at radius 3 is 2.45 bits per heavy atom. The number of hydrogen-bond acceptors (Lipinski definition) is 5. The van der Waals surface area contributed by atoms with Gasteiger partial charge in [-0.05, 0) is 42.0 Å². The second-order valence-electron chi connectivity index (χ2n) is 8.36. The molecule has 0 N–H and O–H groups in total. The molecule has 2 fully saturated rings. The normalized spacial score (nSPS) is 22.0. The number of nitro groups is 1. The number of fused-ring (bicyclic) bond motifs is 3. The standard InChI is InChI=1S/C23H24N4O2/c28-27(29)21-7-8-22-20(11-21)6-9-23(24-22)26-15-18-10-19(16-26)14-25(13-18)12-17-4-2-1-3-5-17/h1-9,11,18-19H,10,12-16H2. The maximum Gasteiger partial charge on any atom is 0.270 e. The Morgan fingerprint density at radius 2 is 1.72 bits per heavy atom. The maximum absolute atomic E-state index is 11.0. The van der Waals surface area contributed by atoms with Crippen molar-refractivity contribution < 1.29 is 4.92 Å². The molecule has 29 heavy (non-hydrogen) atoms. The van der Waals surface area contributed by atoms with E-state index in [-0.39, 0.29) is 10.6 Å². The molecule has 2 aliphatic heterocycles. The lowest BCUT2D eigenvalue weighted by Crippen LogP contribution is -2.52. The monoisotopic (exact) mass is 388 g/mol. The highest BCUT2D eigenvalue weighted by atomic mass is 16.6. The van der Waals surface area contributed by atoms with Crippen LogP contribution in [0.1, 0.15) is 12.0 Å². The van der Waals surface area contributed by atoms with E-state index in [0.29, 0.717) is 11.8 Å². The van der Waals surface area contributed by atoms with Gasteiger partial charge >= 0.3 is 0 Å². The third kappa shape index (κ3) is 3.80. The Morgan fingerprint density at radius 1 is 0.966 bits per heavy atom. The van der Waals surface area contributed by atoms with Gasteiger partial charge in [0.1, 0.15) is 5.82 Å². The predicted molar refractivity (Wildman–Crippen MR) is 114 cm³/mol. The number of likely N-dealkylation sites (tertiary alicyclic amines) is 1. The zero-order chi connectivity index (χ0) is 19.8. The number of aromatic nitrogens is 1. The molecule has 3 aromatic rings. The van der Waals surface area contributed by atoms with Crippen molar-refractivity contribution in [2.24, 2.45) is 11.8 Å². The first-order chi connectivity index (χ1) is 14.1. The number of nitrogens with zero attached hydrogens (tertiary/aromatic N) is 4. The molecular weight excluding hydrogens is 364 g/mol. The van der Waals surface area contributed by atoms with Crippen molar-refractivity contribution >= 4 is 22.4 Å². The van der Waals surface area contributed by atoms with Gasteiger partial charge in [-0.15, -0.1) is 0 Å². The first-order valence-electron chi connectivity index (χ1n) is 10.2. The van der Waals surface area contributed by atoms with E-state index in [1.807, 2.05) is 12.1 Å². The molecule has 6 nitrogen and oxygen atoms in total. The van der Waals surface area contributed by atoms with Gasteiger partial charge in [0.25, 0.3) is 5.69 Å². The number of benzene rings is 2. The molecule has 2 bridgehead atoms. The lowest BCUT2D eigenvalue weighted by atomic mass is 9.84. The fourth-order valence-corrected chi connectivity index (χ4v) is 4.94. The highest BCUT2D eigenvalue weighted by Gasteiger charge is 2.34. The van der Waals surface area contributed by atoms with Gasteiger partial charge in [-0.2, -0.15) is 0 Å². The highest BCUT2D eigenvalue weighted by Crippen LogP contribution is 2.32. The van der Waals surface area contributed by atoms with E-state index >= 15 is 0 Å². The lowest BCUT2D eigenvalue weighted by Gasteiger charge is -2.46. The Balaban J connectivity index is 1.30. The number of rotatable bonds is 4. The largest absolute Gasteiger partial charge is 0.356 e. The van der Waals surface area contributed by atoms with Crippen molar-refractivity contribution in [1.29, 1.82) is 0 Å². The number of piperidine rings is 2. The molecule has 1 aromatic heterocycles. The Bertz CT molecular complexity index is 1030. The number of pyridine rings is 1. The van der Waals surface area contributed by atoms with E-state index in [1.165, 1.54) is 18.1 Å². The van der Waals surface area contributed by atoms with Gasteiger partial charge in [-0.3, -0.25) is 15.0 Å². The van der Waals surface area contributed by atoms with Crippen molar-refractivity contribution in [3.63, 3.8) is 0 Å². The summed E-state index contributed by atoms with van der Waals surface area (Å²) in [4.78, 5) is 20.4. The summed E-state index contributed by atoms with van der Waals surface area (Å²) < 4.78 is 0. The molecule has 0 aliphatic carbocycles. The molecule has 2 saturated heterocycles. The van der Waals surface area contributed by atoms with Crippen LogP contribution in [0.15, 0.2) is 60.7 Å². The Kier molecular flexibility index (Phi) is 4.64. The number of non-ortho nitro benzene ring substituents is 1. The number of hydrogen-bond donors (Lipinski definition) is 0. The van der Waals surface area contributed by atoms with Crippen LogP contribution in [-0.2, 0) is 6.54 Å². The van der Waals surface area contributed by atoms with Crippen LogP contribution in [0, 0.1) is 22.0 Å². The molecule has 0 saturated carbocycles. The van der Waals surface area contributed by atoms with Crippen LogP contribution < -0.4 is 4.90 Å². The smallest absolute Gasteiger partial charge is 0.270 e. The zero-order valence-electron chi connectivity index (χ0n) is 16.3. The Hall–Kier alpha value is -2.99. The average molecular weight is 388 g/mol. The summed E-state index contributed by atoms with van der Waals surface area (Å²) >= 11 is 0. The summed E-state index contributed by atoms with van der Waals surface area (Å²) in [5, 5.41) is 11.8. The zero-order valence-corrected chi connectivity index (χ0v) is 16.3. The highest BCUT2D eigenvalue weighted by molar-refractivity contribution is 5.82. The van der Waals surface area contributed by atoms with E-state index in [2.05, 4.69) is 40.1 Å². The van der Waals surface area contributed by atoms with Crippen LogP contribution in [0.25, 0.3) is 10.9 Å². The molecule has 0 amide bonds. The molecule has 148 valence electrons. The third-order valence-electron chi connectivity index (χ3n) is 6.10. The summed E-state index contributed by atoms with van der Waals surface area (Å²) in [6.45, 7) is 5.32. The van der Waals surface area contributed by atoms with Crippen LogP contribution in [0.2, 0.25) is 0 Å². The summed E-state index contributed by atoms with van der Waals surface area (Å²) in [6.07, 6.45) is 1.29. The minimum Gasteiger partial charge on any atom is -0.356 e. The van der Waals surface area contributed by atoms with Gasteiger partial charge in [0.15, 0.2) is 0 Å². The first-order valence-corrected chi connectivity index (χ1v) is 10.2. The number of nitro benzene ring substituents is 1. The van der Waals surface area contributed by atoms with Gasteiger partial charge in [0, 0.05) is 50.2 Å². The minimum absolute atomic E-state index is 0.109. The van der Waals surface area contributed by atoms with Crippen LogP contribution in [0.3, 0.4) is 0 Å². The van der Waals surface area contributed by atoms with E-state index in [9.17, 15) is 10.1 Å².